The van der Waals surface area contributed by atoms with Crippen LogP contribution < -0.4 is 11.1 Å². The molecule has 2 aromatic rings. The molecule has 0 bridgehead atoms. The third-order valence-electron chi connectivity index (χ3n) is 4.08. The van der Waals surface area contributed by atoms with Gasteiger partial charge < -0.3 is 15.5 Å². The summed E-state index contributed by atoms with van der Waals surface area (Å²) in [4.78, 5) is 16.6. The zero-order valence-electron chi connectivity index (χ0n) is 11.7. The van der Waals surface area contributed by atoms with Crippen molar-refractivity contribution in [1.82, 2.24) is 14.7 Å². The minimum absolute atomic E-state index is 0.00624. The Balaban J connectivity index is 1.69. The van der Waals surface area contributed by atoms with Crippen LogP contribution in [0.1, 0.15) is 25.5 Å². The highest BCUT2D eigenvalue weighted by atomic mass is 16.1. The topological polar surface area (TPSA) is 72.4 Å². The normalized spacial score (nSPS) is 17.9. The maximum Gasteiger partial charge on any atom is 0.226 e. The van der Waals surface area contributed by atoms with E-state index in [0.717, 1.165) is 24.2 Å². The van der Waals surface area contributed by atoms with E-state index in [1.807, 2.05) is 41.9 Å². The highest BCUT2D eigenvalue weighted by Crippen LogP contribution is 2.38. The van der Waals surface area contributed by atoms with E-state index in [-0.39, 0.29) is 11.4 Å². The van der Waals surface area contributed by atoms with Gasteiger partial charge in [-0.2, -0.15) is 0 Å². The minimum atomic E-state index is -0.268. The molecule has 0 saturated heterocycles. The molecule has 0 aromatic carbocycles. The molecule has 0 aliphatic heterocycles. The van der Waals surface area contributed by atoms with Gasteiger partial charge in [0, 0.05) is 18.9 Å². The number of amides is 1. The van der Waals surface area contributed by atoms with Crippen LogP contribution in [0.3, 0.4) is 0 Å². The predicted octanol–water partition coefficient (Wildman–Crippen LogP) is 1.12. The molecule has 2 heterocycles. The summed E-state index contributed by atoms with van der Waals surface area (Å²) in [5.41, 5.74) is 7.19. The van der Waals surface area contributed by atoms with Crippen molar-refractivity contribution in [2.24, 2.45) is 11.7 Å². The van der Waals surface area contributed by atoms with Gasteiger partial charge in [-0.3, -0.25) is 4.79 Å². The van der Waals surface area contributed by atoms with Crippen LogP contribution in [0.5, 0.6) is 0 Å². The van der Waals surface area contributed by atoms with Gasteiger partial charge in [0.25, 0.3) is 0 Å². The molecule has 5 heteroatoms. The number of nitrogens with two attached hydrogens (primary N) is 1. The summed E-state index contributed by atoms with van der Waals surface area (Å²) in [5, 5.41) is 3.08. The number of hydrogen-bond donors (Lipinski definition) is 2. The van der Waals surface area contributed by atoms with Gasteiger partial charge in [0.1, 0.15) is 5.65 Å². The van der Waals surface area contributed by atoms with E-state index in [1.54, 1.807) is 0 Å². The number of pyridine rings is 1. The van der Waals surface area contributed by atoms with Crippen LogP contribution in [0.4, 0.5) is 0 Å². The van der Waals surface area contributed by atoms with Crippen molar-refractivity contribution < 1.29 is 4.79 Å². The lowest BCUT2D eigenvalue weighted by Crippen LogP contribution is -2.53. The predicted molar refractivity (Wildman–Crippen MR) is 77.2 cm³/mol. The molecule has 1 aliphatic rings. The molecule has 2 aromatic heterocycles. The molecule has 3 rings (SSSR count). The highest BCUT2D eigenvalue weighted by molar-refractivity contribution is 5.79. The number of aromatic nitrogens is 2. The molecule has 1 unspecified atom stereocenters. The van der Waals surface area contributed by atoms with Crippen LogP contribution in [0.15, 0.2) is 30.6 Å². The van der Waals surface area contributed by atoms with Crippen molar-refractivity contribution in [3.63, 3.8) is 0 Å². The first kappa shape index (κ1) is 13.1. The Kier molecular flexibility index (Phi) is 3.22. The second-order valence-electron chi connectivity index (χ2n) is 5.82. The average molecular weight is 272 g/mol. The van der Waals surface area contributed by atoms with E-state index in [9.17, 15) is 4.79 Å². The van der Waals surface area contributed by atoms with Gasteiger partial charge in [0.15, 0.2) is 0 Å². The van der Waals surface area contributed by atoms with Gasteiger partial charge in [0.2, 0.25) is 5.91 Å². The molecule has 20 heavy (non-hydrogen) atoms. The molecule has 1 amide bonds. The first-order valence-corrected chi connectivity index (χ1v) is 7.04. The van der Waals surface area contributed by atoms with E-state index >= 15 is 0 Å². The second-order valence-corrected chi connectivity index (χ2v) is 5.82. The summed E-state index contributed by atoms with van der Waals surface area (Å²) >= 11 is 0. The fraction of sp³-hybridized carbons (Fsp3) is 0.467. The summed E-state index contributed by atoms with van der Waals surface area (Å²) in [6, 6.07) is 5.80. The first-order valence-electron chi connectivity index (χ1n) is 7.04. The average Bonchev–Trinajstić information content (AvgIpc) is 3.20. The minimum Gasteiger partial charge on any atom is -0.349 e. The van der Waals surface area contributed by atoms with Gasteiger partial charge in [-0.15, -0.1) is 0 Å². The summed E-state index contributed by atoms with van der Waals surface area (Å²) in [6.07, 6.45) is 6.43. The number of carbonyl (C=O) groups is 1. The largest absolute Gasteiger partial charge is 0.349 e. The van der Waals surface area contributed by atoms with Crippen molar-refractivity contribution in [3.8, 4) is 0 Å². The fourth-order valence-corrected chi connectivity index (χ4v) is 2.64. The molecular weight excluding hydrogens is 252 g/mol. The molecule has 3 N–H and O–H groups in total. The smallest absolute Gasteiger partial charge is 0.226 e. The number of nitrogens with zero attached hydrogens (tertiary/aromatic N) is 2. The van der Waals surface area contributed by atoms with Crippen molar-refractivity contribution in [2.75, 3.05) is 6.54 Å². The Bertz CT molecular complexity index is 599. The number of nitrogens with one attached hydrogen (secondary N) is 1. The van der Waals surface area contributed by atoms with E-state index in [1.165, 1.54) is 0 Å². The molecule has 1 aliphatic carbocycles. The zero-order chi connectivity index (χ0) is 14.2. The Morgan fingerprint density at radius 3 is 3.00 bits per heavy atom. The summed E-state index contributed by atoms with van der Waals surface area (Å²) in [7, 11) is 0. The van der Waals surface area contributed by atoms with Crippen LogP contribution >= 0.6 is 0 Å². The van der Waals surface area contributed by atoms with Crippen LogP contribution in [-0.2, 0) is 11.2 Å². The molecule has 0 radical (unpaired) electrons. The molecule has 0 spiro atoms. The van der Waals surface area contributed by atoms with Gasteiger partial charge in [-0.05, 0) is 37.8 Å². The molecule has 1 saturated carbocycles. The van der Waals surface area contributed by atoms with Gasteiger partial charge >= 0.3 is 0 Å². The van der Waals surface area contributed by atoms with Gasteiger partial charge in [-0.25, -0.2) is 4.98 Å². The van der Waals surface area contributed by atoms with Crippen LogP contribution in [-0.4, -0.2) is 27.4 Å². The first-order chi connectivity index (χ1) is 9.60. The maximum atomic E-state index is 12.2. The second kappa shape index (κ2) is 4.90. The Labute approximate surface area is 118 Å². The quantitative estimate of drug-likeness (QED) is 0.856. The number of rotatable bonds is 5. The third kappa shape index (κ3) is 2.54. The van der Waals surface area contributed by atoms with Crippen molar-refractivity contribution in [1.29, 1.82) is 0 Å². The van der Waals surface area contributed by atoms with Crippen LogP contribution in [0.2, 0.25) is 0 Å². The molecular formula is C15H20N4O. The standard InChI is InChI=1S/C15H20N4O/c1-15(10-16,11-5-6-11)18-14(20)8-12-9-19-7-3-2-4-13(19)17-12/h2-4,7,9,11H,5-6,8,10,16H2,1H3,(H,18,20). The lowest BCUT2D eigenvalue weighted by Gasteiger charge is -2.29. The SMILES string of the molecule is CC(CN)(NC(=O)Cc1cn2ccccc2n1)C1CC1. The van der Waals surface area contributed by atoms with Crippen molar-refractivity contribution in [3.05, 3.63) is 36.3 Å². The monoisotopic (exact) mass is 272 g/mol. The van der Waals surface area contributed by atoms with E-state index in [4.69, 9.17) is 5.73 Å². The summed E-state index contributed by atoms with van der Waals surface area (Å²) in [6.45, 7) is 2.51. The molecule has 106 valence electrons. The van der Waals surface area contributed by atoms with E-state index in [0.29, 0.717) is 18.9 Å². The molecule has 1 atom stereocenters. The summed E-state index contributed by atoms with van der Waals surface area (Å²) < 4.78 is 1.92. The zero-order valence-corrected chi connectivity index (χ0v) is 11.7. The number of carbonyl (C=O) groups excluding carboxylic acids is 1. The van der Waals surface area contributed by atoms with E-state index < -0.39 is 0 Å². The van der Waals surface area contributed by atoms with E-state index in [2.05, 4.69) is 10.3 Å². The third-order valence-corrected chi connectivity index (χ3v) is 4.08. The summed E-state index contributed by atoms with van der Waals surface area (Å²) in [5.74, 6) is 0.519. The lowest BCUT2D eigenvalue weighted by atomic mass is 9.95. The number of hydrogen-bond acceptors (Lipinski definition) is 3. The van der Waals surface area contributed by atoms with Crippen molar-refractivity contribution in [2.45, 2.75) is 31.7 Å². The van der Waals surface area contributed by atoms with Gasteiger partial charge in [-0.1, -0.05) is 6.07 Å². The lowest BCUT2D eigenvalue weighted by molar-refractivity contribution is -0.122. The fourth-order valence-electron chi connectivity index (χ4n) is 2.64. The molecule has 5 nitrogen and oxygen atoms in total. The Morgan fingerprint density at radius 2 is 2.35 bits per heavy atom. The van der Waals surface area contributed by atoms with Gasteiger partial charge in [0.05, 0.1) is 17.7 Å². The highest BCUT2D eigenvalue weighted by Gasteiger charge is 2.41. The van der Waals surface area contributed by atoms with Crippen LogP contribution in [0.25, 0.3) is 5.65 Å². The Hall–Kier alpha value is -1.88. The van der Waals surface area contributed by atoms with Crippen LogP contribution in [0, 0.1) is 5.92 Å². The number of fused-ring (bicyclic) bond motifs is 1. The number of imidazole rings is 1. The van der Waals surface area contributed by atoms with Crippen molar-refractivity contribution >= 4 is 11.6 Å². The molecule has 1 fully saturated rings. The maximum absolute atomic E-state index is 12.2. The Morgan fingerprint density at radius 1 is 1.55 bits per heavy atom.